The van der Waals surface area contributed by atoms with Gasteiger partial charge in [0, 0.05) is 6.20 Å². The maximum atomic E-state index is 12.3. The molecule has 1 unspecified atom stereocenters. The molecule has 0 bridgehead atoms. The lowest BCUT2D eigenvalue weighted by molar-refractivity contribution is -0.118. The van der Waals surface area contributed by atoms with E-state index in [-0.39, 0.29) is 12.1 Å². The summed E-state index contributed by atoms with van der Waals surface area (Å²) in [5, 5.41) is 17.1. The van der Waals surface area contributed by atoms with Crippen molar-refractivity contribution < 1.29 is 14.7 Å². The van der Waals surface area contributed by atoms with Gasteiger partial charge in [0.1, 0.15) is 5.60 Å². The fourth-order valence-corrected chi connectivity index (χ4v) is 2.53. The van der Waals surface area contributed by atoms with Gasteiger partial charge < -0.3 is 10.4 Å². The van der Waals surface area contributed by atoms with Gasteiger partial charge in [0.15, 0.2) is 0 Å². The summed E-state index contributed by atoms with van der Waals surface area (Å²) in [6.45, 7) is 1.51. The Balaban J connectivity index is 1.65. The van der Waals surface area contributed by atoms with Crippen molar-refractivity contribution in [2.24, 2.45) is 0 Å². The van der Waals surface area contributed by atoms with Crippen LogP contribution in [0.1, 0.15) is 22.8 Å². The second kappa shape index (κ2) is 7.33. The summed E-state index contributed by atoms with van der Waals surface area (Å²) in [7, 11) is 0. The van der Waals surface area contributed by atoms with Gasteiger partial charge in [-0.15, -0.1) is 0 Å². The number of aliphatic hydroxyl groups is 1. The molecule has 1 heterocycles. The molecule has 0 aliphatic rings. The second-order valence-corrected chi connectivity index (χ2v) is 6.16. The van der Waals surface area contributed by atoms with E-state index in [0.29, 0.717) is 5.56 Å². The number of nitrogens with zero attached hydrogens (tertiary/aromatic N) is 2. The zero-order valence-electron chi connectivity index (χ0n) is 14.3. The average Bonchev–Trinajstić information content (AvgIpc) is 3.17. The van der Waals surface area contributed by atoms with E-state index in [2.05, 4.69) is 10.4 Å². The fraction of sp³-hybridized carbons (Fsp3) is 0.150. The third kappa shape index (κ3) is 3.87. The summed E-state index contributed by atoms with van der Waals surface area (Å²) in [6, 6.07) is 18.3. The molecule has 0 radical (unpaired) electrons. The molecule has 0 aliphatic carbocycles. The molecule has 1 aromatic heterocycles. The molecule has 0 saturated carbocycles. The monoisotopic (exact) mass is 349 g/mol. The smallest absolute Gasteiger partial charge is 0.292 e. The first-order valence-electron chi connectivity index (χ1n) is 8.18. The van der Waals surface area contributed by atoms with Gasteiger partial charge in [-0.3, -0.25) is 9.59 Å². The number of carbonyl (C=O) groups excluding carboxylic acids is 2. The minimum atomic E-state index is -1.27. The quantitative estimate of drug-likeness (QED) is 0.527. The molecule has 1 atom stereocenters. The maximum Gasteiger partial charge on any atom is 0.292 e. The van der Waals surface area contributed by atoms with Crippen LogP contribution >= 0.6 is 0 Å². The van der Waals surface area contributed by atoms with Crippen LogP contribution in [0.25, 0.3) is 5.69 Å². The van der Waals surface area contributed by atoms with E-state index in [0.717, 1.165) is 5.69 Å². The van der Waals surface area contributed by atoms with Crippen molar-refractivity contribution in [1.29, 1.82) is 0 Å². The molecule has 0 aliphatic heterocycles. The Morgan fingerprint density at radius 2 is 1.69 bits per heavy atom. The van der Waals surface area contributed by atoms with E-state index in [4.69, 9.17) is 0 Å². The number of carbonyl (C=O) groups is 2. The fourth-order valence-electron chi connectivity index (χ4n) is 2.53. The second-order valence-electron chi connectivity index (χ2n) is 6.16. The molecule has 0 spiro atoms. The number of hydrogen-bond donors (Lipinski definition) is 2. The number of aromatic nitrogens is 2. The van der Waals surface area contributed by atoms with Crippen molar-refractivity contribution in [2.75, 3.05) is 6.54 Å². The minimum absolute atomic E-state index is 0.0750. The predicted molar refractivity (Wildman–Crippen MR) is 96.9 cm³/mol. The largest absolute Gasteiger partial charge is 0.384 e. The Morgan fingerprint density at radius 1 is 1.08 bits per heavy atom. The van der Waals surface area contributed by atoms with Gasteiger partial charge in [0.05, 0.1) is 24.0 Å². The SMILES string of the molecule is CC(O)(CNC(=O)C(=O)c1cnn(-c2ccccc2)c1)c1ccccc1. The van der Waals surface area contributed by atoms with E-state index in [1.165, 1.54) is 17.1 Å². The van der Waals surface area contributed by atoms with E-state index in [9.17, 15) is 14.7 Å². The number of amides is 1. The number of ketones is 1. The third-order valence-corrected chi connectivity index (χ3v) is 4.06. The van der Waals surface area contributed by atoms with Gasteiger partial charge in [-0.1, -0.05) is 48.5 Å². The van der Waals surface area contributed by atoms with Gasteiger partial charge in [-0.05, 0) is 24.6 Å². The zero-order chi connectivity index (χ0) is 18.6. The van der Waals surface area contributed by atoms with Crippen LogP contribution in [0, 0.1) is 0 Å². The lowest BCUT2D eigenvalue weighted by Crippen LogP contribution is -2.41. The molecule has 1 amide bonds. The molecule has 6 heteroatoms. The summed E-state index contributed by atoms with van der Waals surface area (Å²) < 4.78 is 1.53. The van der Waals surface area contributed by atoms with E-state index < -0.39 is 17.3 Å². The first kappa shape index (κ1) is 17.6. The topological polar surface area (TPSA) is 84.2 Å². The Bertz CT molecular complexity index is 902. The van der Waals surface area contributed by atoms with Crippen LogP contribution in [0.3, 0.4) is 0 Å². The number of Topliss-reactive ketones (excluding diaryl/α,β-unsaturated/α-hetero) is 1. The van der Waals surface area contributed by atoms with Crippen molar-refractivity contribution in [3.05, 3.63) is 84.2 Å². The molecule has 0 saturated heterocycles. The van der Waals surface area contributed by atoms with Gasteiger partial charge in [-0.25, -0.2) is 4.68 Å². The van der Waals surface area contributed by atoms with Crippen LogP contribution in [-0.4, -0.2) is 33.1 Å². The zero-order valence-corrected chi connectivity index (χ0v) is 14.3. The van der Waals surface area contributed by atoms with E-state index >= 15 is 0 Å². The van der Waals surface area contributed by atoms with Crippen molar-refractivity contribution in [1.82, 2.24) is 15.1 Å². The molecule has 26 heavy (non-hydrogen) atoms. The lowest BCUT2D eigenvalue weighted by Gasteiger charge is -2.23. The number of rotatable bonds is 6. The Hall–Kier alpha value is -3.25. The van der Waals surface area contributed by atoms with Gasteiger partial charge in [0.2, 0.25) is 0 Å². The van der Waals surface area contributed by atoms with Gasteiger partial charge in [0.25, 0.3) is 11.7 Å². The number of benzene rings is 2. The number of hydrogen-bond acceptors (Lipinski definition) is 4. The van der Waals surface area contributed by atoms with Gasteiger partial charge >= 0.3 is 0 Å². The predicted octanol–water partition coefficient (Wildman–Crippen LogP) is 2.08. The standard InChI is InChI=1S/C20H19N3O3/c1-20(26,16-8-4-2-5-9-16)14-21-19(25)18(24)15-12-22-23(13-15)17-10-6-3-7-11-17/h2-13,26H,14H2,1H3,(H,21,25). The van der Waals surface area contributed by atoms with E-state index in [1.807, 2.05) is 36.4 Å². The third-order valence-electron chi connectivity index (χ3n) is 4.06. The molecule has 3 rings (SSSR count). The summed E-state index contributed by atoms with van der Waals surface area (Å²) in [4.78, 5) is 24.5. The molecule has 2 N–H and O–H groups in total. The molecular weight excluding hydrogens is 330 g/mol. The summed E-state index contributed by atoms with van der Waals surface area (Å²) in [6.07, 6.45) is 2.86. The highest BCUT2D eigenvalue weighted by atomic mass is 16.3. The summed E-state index contributed by atoms with van der Waals surface area (Å²) >= 11 is 0. The van der Waals surface area contributed by atoms with Crippen LogP contribution in [0.4, 0.5) is 0 Å². The number of nitrogens with one attached hydrogen (secondary N) is 1. The molecule has 6 nitrogen and oxygen atoms in total. The first-order chi connectivity index (χ1) is 12.5. The molecule has 0 fully saturated rings. The van der Waals surface area contributed by atoms with Crippen molar-refractivity contribution in [2.45, 2.75) is 12.5 Å². The Morgan fingerprint density at radius 3 is 2.35 bits per heavy atom. The van der Waals surface area contributed by atoms with Crippen molar-refractivity contribution >= 4 is 11.7 Å². The van der Waals surface area contributed by atoms with Crippen LogP contribution < -0.4 is 5.32 Å². The molecule has 132 valence electrons. The summed E-state index contributed by atoms with van der Waals surface area (Å²) in [5.74, 6) is -1.48. The maximum absolute atomic E-state index is 12.3. The van der Waals surface area contributed by atoms with Crippen molar-refractivity contribution in [3.63, 3.8) is 0 Å². The molecule has 2 aromatic carbocycles. The molecule has 3 aromatic rings. The number of para-hydroxylation sites is 1. The van der Waals surface area contributed by atoms with Gasteiger partial charge in [-0.2, -0.15) is 5.10 Å². The van der Waals surface area contributed by atoms with Crippen molar-refractivity contribution in [3.8, 4) is 5.69 Å². The highest BCUT2D eigenvalue weighted by molar-refractivity contribution is 6.42. The molecular formula is C20H19N3O3. The van der Waals surface area contributed by atoms with Crippen LogP contribution in [0.15, 0.2) is 73.1 Å². The first-order valence-corrected chi connectivity index (χ1v) is 8.18. The summed E-state index contributed by atoms with van der Waals surface area (Å²) in [5.41, 5.74) is 0.361. The normalized spacial score (nSPS) is 13.0. The average molecular weight is 349 g/mol. The van der Waals surface area contributed by atoms with E-state index in [1.54, 1.807) is 31.2 Å². The van der Waals surface area contributed by atoms with Crippen LogP contribution in [0.2, 0.25) is 0 Å². The highest BCUT2D eigenvalue weighted by Crippen LogP contribution is 2.19. The lowest BCUT2D eigenvalue weighted by atomic mass is 9.96. The van der Waals surface area contributed by atoms with Crippen LogP contribution in [-0.2, 0) is 10.4 Å². The minimum Gasteiger partial charge on any atom is -0.384 e. The van der Waals surface area contributed by atoms with Crippen LogP contribution in [0.5, 0.6) is 0 Å². The Labute approximate surface area is 151 Å². The Kier molecular flexibility index (Phi) is 4.95. The highest BCUT2D eigenvalue weighted by Gasteiger charge is 2.26.